The van der Waals surface area contributed by atoms with Gasteiger partial charge in [0.15, 0.2) is 0 Å². The summed E-state index contributed by atoms with van der Waals surface area (Å²) in [6, 6.07) is 12.6. The van der Waals surface area contributed by atoms with Gasteiger partial charge in [-0.3, -0.25) is 9.69 Å². The molecule has 0 saturated carbocycles. The molecule has 0 spiro atoms. The van der Waals surface area contributed by atoms with E-state index in [1.807, 2.05) is 18.3 Å². The maximum Gasteiger partial charge on any atom is 0.251 e. The van der Waals surface area contributed by atoms with E-state index in [-0.39, 0.29) is 5.91 Å². The molecule has 1 aliphatic heterocycles. The van der Waals surface area contributed by atoms with Gasteiger partial charge in [-0.25, -0.2) is 4.98 Å². The molecule has 3 rings (SSSR count). The predicted molar refractivity (Wildman–Crippen MR) is 124 cm³/mol. The Morgan fingerprint density at radius 2 is 1.80 bits per heavy atom. The number of carbonyl (C=O) groups is 1. The van der Waals surface area contributed by atoms with E-state index >= 15 is 0 Å². The Morgan fingerprint density at radius 3 is 2.37 bits per heavy atom. The van der Waals surface area contributed by atoms with E-state index in [9.17, 15) is 4.79 Å². The van der Waals surface area contributed by atoms with Gasteiger partial charge in [-0.2, -0.15) is 0 Å². The van der Waals surface area contributed by atoms with Crippen molar-refractivity contribution in [3.05, 3.63) is 59.3 Å². The van der Waals surface area contributed by atoms with Gasteiger partial charge in [0.2, 0.25) is 0 Å². The number of aromatic nitrogens is 1. The van der Waals surface area contributed by atoms with Gasteiger partial charge in [0.25, 0.3) is 5.91 Å². The third-order valence-corrected chi connectivity index (χ3v) is 6.11. The first-order valence-corrected chi connectivity index (χ1v) is 11.3. The predicted octanol–water partition coefficient (Wildman–Crippen LogP) is 4.48. The number of hydrogen-bond acceptors (Lipinski definition) is 4. The number of nitrogens with one attached hydrogen (secondary N) is 1. The lowest BCUT2D eigenvalue weighted by atomic mass is 9.99. The van der Waals surface area contributed by atoms with Crippen molar-refractivity contribution >= 4 is 11.7 Å². The Kier molecular flexibility index (Phi) is 7.86. The van der Waals surface area contributed by atoms with Gasteiger partial charge in [0, 0.05) is 44.0 Å². The minimum absolute atomic E-state index is 0.0492. The Hall–Kier alpha value is -2.40. The molecule has 0 unspecified atom stereocenters. The molecule has 1 fully saturated rings. The minimum atomic E-state index is -0.0492. The molecule has 1 aliphatic rings. The Labute approximate surface area is 181 Å². The topological polar surface area (TPSA) is 48.5 Å². The van der Waals surface area contributed by atoms with Crippen LogP contribution in [-0.4, -0.2) is 41.5 Å². The van der Waals surface area contributed by atoms with Crippen molar-refractivity contribution in [1.29, 1.82) is 0 Å². The van der Waals surface area contributed by atoms with Crippen molar-refractivity contribution in [1.82, 2.24) is 15.2 Å². The van der Waals surface area contributed by atoms with Crippen molar-refractivity contribution in [3.8, 4) is 0 Å². The van der Waals surface area contributed by atoms with Gasteiger partial charge in [0.05, 0.1) is 0 Å². The molecule has 1 N–H and O–H groups in total. The van der Waals surface area contributed by atoms with Crippen molar-refractivity contribution in [2.45, 2.75) is 59.7 Å². The Morgan fingerprint density at radius 1 is 1.13 bits per heavy atom. The molecular formula is C25H36N4O. The first kappa shape index (κ1) is 22.3. The molecule has 30 heavy (non-hydrogen) atoms. The van der Waals surface area contributed by atoms with Crippen LogP contribution >= 0.6 is 0 Å². The molecule has 2 aromatic rings. The molecule has 1 aromatic carbocycles. The smallest absolute Gasteiger partial charge is 0.251 e. The number of amides is 1. The largest absolute Gasteiger partial charge is 0.357 e. The number of hydrogen-bond donors (Lipinski definition) is 1. The minimum Gasteiger partial charge on any atom is -0.357 e. The molecule has 0 aliphatic carbocycles. The summed E-state index contributed by atoms with van der Waals surface area (Å²) < 4.78 is 0. The van der Waals surface area contributed by atoms with Crippen LogP contribution in [0.4, 0.5) is 5.82 Å². The van der Waals surface area contributed by atoms with E-state index in [1.165, 1.54) is 18.4 Å². The normalized spacial score (nSPS) is 15.1. The molecule has 1 saturated heterocycles. The average molecular weight is 409 g/mol. The van der Waals surface area contributed by atoms with Crippen LogP contribution in [0.15, 0.2) is 42.6 Å². The highest BCUT2D eigenvalue weighted by molar-refractivity contribution is 5.94. The van der Waals surface area contributed by atoms with E-state index in [4.69, 9.17) is 0 Å². The van der Waals surface area contributed by atoms with Gasteiger partial charge < -0.3 is 10.2 Å². The van der Waals surface area contributed by atoms with Gasteiger partial charge in [-0.1, -0.05) is 32.0 Å². The highest BCUT2D eigenvalue weighted by Crippen LogP contribution is 2.21. The molecule has 1 amide bonds. The first-order valence-electron chi connectivity index (χ1n) is 11.3. The van der Waals surface area contributed by atoms with Crippen molar-refractivity contribution in [3.63, 3.8) is 0 Å². The highest BCUT2D eigenvalue weighted by Gasteiger charge is 2.16. The van der Waals surface area contributed by atoms with E-state index in [0.29, 0.717) is 18.2 Å². The van der Waals surface area contributed by atoms with Crippen LogP contribution in [0.5, 0.6) is 0 Å². The van der Waals surface area contributed by atoms with Gasteiger partial charge >= 0.3 is 0 Å². The van der Waals surface area contributed by atoms with E-state index < -0.39 is 0 Å². The first-order chi connectivity index (χ1) is 14.5. The summed E-state index contributed by atoms with van der Waals surface area (Å²) in [5, 5.41) is 3.01. The Bertz CT molecular complexity index is 793. The van der Waals surface area contributed by atoms with Crippen LogP contribution in [-0.2, 0) is 13.1 Å². The number of rotatable bonds is 8. The summed E-state index contributed by atoms with van der Waals surface area (Å²) in [4.78, 5) is 21.9. The summed E-state index contributed by atoms with van der Waals surface area (Å²) in [5.74, 6) is 1.80. The second kappa shape index (κ2) is 10.6. The fourth-order valence-corrected chi connectivity index (χ4v) is 3.89. The summed E-state index contributed by atoms with van der Waals surface area (Å²) in [7, 11) is 0. The maximum atomic E-state index is 12.5. The summed E-state index contributed by atoms with van der Waals surface area (Å²) in [5.41, 5.74) is 2.94. The van der Waals surface area contributed by atoms with Crippen molar-refractivity contribution in [2.75, 3.05) is 24.5 Å². The Balaban J connectivity index is 1.50. The van der Waals surface area contributed by atoms with Gasteiger partial charge in [0.1, 0.15) is 5.82 Å². The molecule has 1 aromatic heterocycles. The van der Waals surface area contributed by atoms with Crippen LogP contribution < -0.4 is 10.2 Å². The summed E-state index contributed by atoms with van der Waals surface area (Å²) >= 11 is 0. The van der Waals surface area contributed by atoms with E-state index in [0.717, 1.165) is 43.5 Å². The fraction of sp³-hybridized carbons (Fsp3) is 0.520. The maximum absolute atomic E-state index is 12.5. The summed E-state index contributed by atoms with van der Waals surface area (Å²) in [6.45, 7) is 13.5. The summed E-state index contributed by atoms with van der Waals surface area (Å²) in [6.07, 6.45) is 4.33. The van der Waals surface area contributed by atoms with Crippen LogP contribution in [0.3, 0.4) is 0 Å². The number of piperidine rings is 1. The molecule has 0 atom stereocenters. The second-order valence-electron chi connectivity index (χ2n) is 8.73. The lowest BCUT2D eigenvalue weighted by Gasteiger charge is -2.31. The highest BCUT2D eigenvalue weighted by atomic mass is 16.1. The second-order valence-corrected chi connectivity index (χ2v) is 8.73. The lowest BCUT2D eigenvalue weighted by molar-refractivity contribution is 0.0951. The zero-order chi connectivity index (χ0) is 21.5. The number of pyridine rings is 1. The zero-order valence-corrected chi connectivity index (χ0v) is 18.9. The number of carbonyl (C=O) groups excluding carboxylic acids is 1. The standard InChI is InChI=1S/C25H36N4O/c1-5-28(19(2)3)18-21-6-9-23(10-7-21)25(30)27-17-22-8-11-24(26-16-22)29-14-12-20(4)13-15-29/h6-11,16,19-20H,5,12-15,17-18H2,1-4H3,(H,27,30). The average Bonchev–Trinajstić information content (AvgIpc) is 2.77. The third-order valence-electron chi connectivity index (χ3n) is 6.11. The molecule has 0 radical (unpaired) electrons. The van der Waals surface area contributed by atoms with Crippen molar-refractivity contribution in [2.24, 2.45) is 5.92 Å². The van der Waals surface area contributed by atoms with E-state index in [1.54, 1.807) is 0 Å². The third kappa shape index (κ3) is 6.05. The number of benzene rings is 1. The van der Waals surface area contributed by atoms with Crippen molar-refractivity contribution < 1.29 is 4.79 Å². The monoisotopic (exact) mass is 408 g/mol. The van der Waals surface area contributed by atoms with Gasteiger partial charge in [-0.15, -0.1) is 0 Å². The quantitative estimate of drug-likeness (QED) is 0.700. The van der Waals surface area contributed by atoms with E-state index in [2.05, 4.69) is 72.1 Å². The van der Waals surface area contributed by atoms with Crippen LogP contribution in [0.1, 0.15) is 62.0 Å². The molecule has 2 heterocycles. The number of anilines is 1. The molecule has 0 bridgehead atoms. The lowest BCUT2D eigenvalue weighted by Crippen LogP contribution is -2.33. The molecular weight excluding hydrogens is 372 g/mol. The molecule has 5 heteroatoms. The number of nitrogens with zero attached hydrogens (tertiary/aromatic N) is 3. The SMILES string of the molecule is CCN(Cc1ccc(C(=O)NCc2ccc(N3CCC(C)CC3)nc2)cc1)C(C)C. The molecule has 5 nitrogen and oxygen atoms in total. The molecule has 162 valence electrons. The van der Waals surface area contributed by atoms with Crippen LogP contribution in [0.25, 0.3) is 0 Å². The van der Waals surface area contributed by atoms with Crippen LogP contribution in [0, 0.1) is 5.92 Å². The van der Waals surface area contributed by atoms with Gasteiger partial charge in [-0.05, 0) is 68.5 Å². The zero-order valence-electron chi connectivity index (χ0n) is 18.9. The fourth-order valence-electron chi connectivity index (χ4n) is 3.89. The van der Waals surface area contributed by atoms with Crippen LogP contribution in [0.2, 0.25) is 0 Å².